The van der Waals surface area contributed by atoms with Gasteiger partial charge < -0.3 is 21.3 Å². The maximum atomic E-state index is 12.9. The number of hydrogen-bond acceptors (Lipinski definition) is 9. The fourth-order valence-corrected chi connectivity index (χ4v) is 5.40. The molecule has 10 heteroatoms. The van der Waals surface area contributed by atoms with E-state index in [0.29, 0.717) is 29.0 Å². The van der Waals surface area contributed by atoms with Crippen LogP contribution in [0.15, 0.2) is 27.9 Å². The molecular weight excluding hydrogens is 424 g/mol. The van der Waals surface area contributed by atoms with Crippen LogP contribution in [0.25, 0.3) is 0 Å². The van der Waals surface area contributed by atoms with Crippen LogP contribution in [0.4, 0.5) is 17.2 Å². The highest BCUT2D eigenvalue weighted by Crippen LogP contribution is 2.39. The first-order valence-corrected chi connectivity index (χ1v) is 12.1. The summed E-state index contributed by atoms with van der Waals surface area (Å²) in [6, 6.07) is 1.78. The standard InChI is InChI=1S/C22H32N8OS/c1-15(11-27-24-2)21-29-18(13-32-21)20(31)28-17-10-16(23)12-26-19(17)30-8-5-22(6-9-30)4-3-7-25-14-22/h10,12-13,15,25H,3-9,11,14,23H2,1-2H3,(H,28,31). The van der Waals surface area contributed by atoms with Gasteiger partial charge in [-0.2, -0.15) is 10.2 Å². The van der Waals surface area contributed by atoms with Crippen molar-refractivity contribution in [2.75, 3.05) is 55.7 Å². The molecule has 32 heavy (non-hydrogen) atoms. The van der Waals surface area contributed by atoms with Crippen molar-refractivity contribution in [1.29, 1.82) is 0 Å². The molecule has 1 spiro atoms. The van der Waals surface area contributed by atoms with Crippen molar-refractivity contribution in [3.8, 4) is 0 Å². The fourth-order valence-electron chi connectivity index (χ4n) is 4.55. The van der Waals surface area contributed by atoms with Crippen molar-refractivity contribution >= 4 is 34.4 Å². The molecule has 2 aliphatic heterocycles. The number of aromatic nitrogens is 2. The highest BCUT2D eigenvalue weighted by molar-refractivity contribution is 7.09. The minimum absolute atomic E-state index is 0.116. The van der Waals surface area contributed by atoms with E-state index in [-0.39, 0.29) is 11.8 Å². The van der Waals surface area contributed by atoms with Gasteiger partial charge in [-0.3, -0.25) is 4.79 Å². The van der Waals surface area contributed by atoms with Gasteiger partial charge in [0, 0.05) is 38.0 Å². The Hall–Kier alpha value is -2.59. The normalized spacial score (nSPS) is 19.4. The minimum Gasteiger partial charge on any atom is -0.397 e. The number of carbonyl (C=O) groups is 1. The molecule has 2 saturated heterocycles. The van der Waals surface area contributed by atoms with E-state index in [1.54, 1.807) is 24.7 Å². The van der Waals surface area contributed by atoms with Gasteiger partial charge in [-0.25, -0.2) is 9.97 Å². The summed E-state index contributed by atoms with van der Waals surface area (Å²) in [5.74, 6) is 0.638. The Morgan fingerprint density at radius 3 is 2.94 bits per heavy atom. The van der Waals surface area contributed by atoms with E-state index in [1.807, 2.05) is 6.92 Å². The molecule has 1 amide bonds. The Morgan fingerprint density at radius 1 is 1.41 bits per heavy atom. The second kappa shape index (κ2) is 9.91. The Balaban J connectivity index is 1.46. The number of nitrogens with one attached hydrogen (secondary N) is 2. The number of carbonyl (C=O) groups excluding carboxylic acids is 1. The van der Waals surface area contributed by atoms with E-state index in [4.69, 9.17) is 5.73 Å². The maximum absolute atomic E-state index is 12.9. The molecule has 0 saturated carbocycles. The molecule has 2 aromatic heterocycles. The molecule has 9 nitrogen and oxygen atoms in total. The third-order valence-electron chi connectivity index (χ3n) is 6.49. The number of piperidine rings is 2. The van der Waals surface area contributed by atoms with Crippen LogP contribution in [0, 0.1) is 5.41 Å². The summed E-state index contributed by atoms with van der Waals surface area (Å²) in [5.41, 5.74) is 7.95. The molecule has 4 N–H and O–H groups in total. The number of azo groups is 1. The number of nitrogens with zero attached hydrogens (tertiary/aromatic N) is 5. The van der Waals surface area contributed by atoms with Crippen molar-refractivity contribution in [3.63, 3.8) is 0 Å². The summed E-state index contributed by atoms with van der Waals surface area (Å²) in [7, 11) is 1.65. The van der Waals surface area contributed by atoms with Crippen LogP contribution < -0.4 is 21.3 Å². The first kappa shape index (κ1) is 22.6. The van der Waals surface area contributed by atoms with Gasteiger partial charge in [-0.05, 0) is 43.7 Å². The zero-order valence-electron chi connectivity index (χ0n) is 18.8. The van der Waals surface area contributed by atoms with Crippen LogP contribution in [-0.2, 0) is 0 Å². The molecule has 172 valence electrons. The van der Waals surface area contributed by atoms with Gasteiger partial charge >= 0.3 is 0 Å². The van der Waals surface area contributed by atoms with E-state index in [9.17, 15) is 4.79 Å². The maximum Gasteiger partial charge on any atom is 0.275 e. The third-order valence-corrected chi connectivity index (χ3v) is 7.57. The molecule has 2 aliphatic rings. The molecule has 4 rings (SSSR count). The molecule has 0 aliphatic carbocycles. The summed E-state index contributed by atoms with van der Waals surface area (Å²) in [4.78, 5) is 24.3. The van der Waals surface area contributed by atoms with Gasteiger partial charge in [0.25, 0.3) is 5.91 Å². The lowest BCUT2D eigenvalue weighted by Crippen LogP contribution is -2.48. The van der Waals surface area contributed by atoms with Crippen LogP contribution in [0.5, 0.6) is 0 Å². The monoisotopic (exact) mass is 456 g/mol. The number of anilines is 3. The first-order chi connectivity index (χ1) is 15.5. The van der Waals surface area contributed by atoms with Crippen LogP contribution in [-0.4, -0.2) is 55.6 Å². The topological polar surface area (TPSA) is 121 Å². The van der Waals surface area contributed by atoms with Gasteiger partial charge in [0.2, 0.25) is 0 Å². The van der Waals surface area contributed by atoms with Crippen LogP contribution in [0.1, 0.15) is 54.0 Å². The van der Waals surface area contributed by atoms with Gasteiger partial charge in [-0.15, -0.1) is 11.3 Å². The van der Waals surface area contributed by atoms with Crippen molar-refractivity contribution in [2.24, 2.45) is 15.6 Å². The molecule has 0 bridgehead atoms. The summed E-state index contributed by atoms with van der Waals surface area (Å²) in [6.07, 6.45) is 6.44. The molecule has 1 unspecified atom stereocenters. The average molecular weight is 457 g/mol. The summed E-state index contributed by atoms with van der Waals surface area (Å²) >= 11 is 1.46. The molecule has 2 fully saturated rings. The van der Waals surface area contributed by atoms with Crippen molar-refractivity contribution < 1.29 is 4.79 Å². The Bertz CT molecular complexity index is 959. The van der Waals surface area contributed by atoms with Gasteiger partial charge in [0.1, 0.15) is 5.69 Å². The minimum atomic E-state index is -0.254. The van der Waals surface area contributed by atoms with E-state index < -0.39 is 0 Å². The molecule has 4 heterocycles. The van der Waals surface area contributed by atoms with E-state index >= 15 is 0 Å². The second-order valence-electron chi connectivity index (χ2n) is 8.86. The second-order valence-corrected chi connectivity index (χ2v) is 9.75. The lowest BCUT2D eigenvalue weighted by atomic mass is 9.73. The predicted molar refractivity (Wildman–Crippen MR) is 129 cm³/mol. The number of hydrogen-bond donors (Lipinski definition) is 3. The van der Waals surface area contributed by atoms with Gasteiger partial charge in [0.15, 0.2) is 5.82 Å². The molecule has 0 aromatic carbocycles. The van der Waals surface area contributed by atoms with E-state index in [1.165, 1.54) is 24.2 Å². The van der Waals surface area contributed by atoms with Crippen LogP contribution in [0.3, 0.4) is 0 Å². The number of nitrogens with two attached hydrogens (primary N) is 1. The number of pyridine rings is 1. The molecule has 2 aromatic rings. The highest BCUT2D eigenvalue weighted by atomic mass is 32.1. The number of amides is 1. The van der Waals surface area contributed by atoms with Crippen LogP contribution in [0.2, 0.25) is 0 Å². The molecular formula is C22H32N8OS. The first-order valence-electron chi connectivity index (χ1n) is 11.2. The average Bonchev–Trinajstić information content (AvgIpc) is 3.30. The van der Waals surface area contributed by atoms with Gasteiger partial charge in [0.05, 0.1) is 29.1 Å². The van der Waals surface area contributed by atoms with Crippen molar-refractivity contribution in [2.45, 2.75) is 38.5 Å². The zero-order chi connectivity index (χ0) is 22.6. The lowest BCUT2D eigenvalue weighted by molar-refractivity contribution is 0.102. The lowest BCUT2D eigenvalue weighted by Gasteiger charge is -2.45. The Labute approximate surface area is 192 Å². The quantitative estimate of drug-likeness (QED) is 0.572. The summed E-state index contributed by atoms with van der Waals surface area (Å²) in [5, 5.41) is 17.0. The third kappa shape index (κ3) is 5.07. The molecule has 0 radical (unpaired) electrons. The highest BCUT2D eigenvalue weighted by Gasteiger charge is 2.36. The van der Waals surface area contributed by atoms with Crippen molar-refractivity contribution in [1.82, 2.24) is 15.3 Å². The zero-order valence-corrected chi connectivity index (χ0v) is 19.6. The number of thiazole rings is 1. The SMILES string of the molecule is CN=NCC(C)c1nc(C(=O)Nc2cc(N)cnc2N2CCC3(CCCNC3)CC2)cs1. The van der Waals surface area contributed by atoms with Crippen molar-refractivity contribution in [3.05, 3.63) is 28.3 Å². The number of nitrogen functional groups attached to an aromatic ring is 1. The number of rotatable bonds is 6. The van der Waals surface area contributed by atoms with E-state index in [0.717, 1.165) is 49.8 Å². The fraction of sp³-hybridized carbons (Fsp3) is 0.591. The van der Waals surface area contributed by atoms with E-state index in [2.05, 4.69) is 35.7 Å². The Morgan fingerprint density at radius 2 is 2.22 bits per heavy atom. The smallest absolute Gasteiger partial charge is 0.275 e. The summed E-state index contributed by atoms with van der Waals surface area (Å²) < 4.78 is 0. The Kier molecular flexibility index (Phi) is 7.00. The largest absolute Gasteiger partial charge is 0.397 e. The molecule has 1 atom stereocenters. The summed E-state index contributed by atoms with van der Waals surface area (Å²) in [6.45, 7) is 6.66. The van der Waals surface area contributed by atoms with Gasteiger partial charge in [-0.1, -0.05) is 6.92 Å². The van der Waals surface area contributed by atoms with Crippen LogP contribution >= 0.6 is 11.3 Å². The predicted octanol–water partition coefficient (Wildman–Crippen LogP) is 3.53.